The molecule has 3 heterocycles. The number of hydrogen-bond acceptors (Lipinski definition) is 7. The van der Waals surface area contributed by atoms with E-state index in [9.17, 15) is 15.1 Å². The molecule has 10 heteroatoms. The van der Waals surface area contributed by atoms with Gasteiger partial charge in [-0.1, -0.05) is 47.2 Å². The lowest BCUT2D eigenvalue weighted by molar-refractivity contribution is -0.227. The largest absolute Gasteiger partial charge is 0.361 e. The number of carbonyl (C=O) groups is 2. The predicted octanol–water partition coefficient (Wildman–Crippen LogP) is 4.78. The highest BCUT2D eigenvalue weighted by molar-refractivity contribution is 7.99. The van der Waals surface area contributed by atoms with Gasteiger partial charge >= 0.3 is 0 Å². The first-order chi connectivity index (χ1) is 17.1. The Hall–Kier alpha value is -2.88. The lowest BCUT2D eigenvalue weighted by atomic mass is 9.95. The Labute approximate surface area is 207 Å². The molecule has 0 radical (unpaired) electrons. The summed E-state index contributed by atoms with van der Waals surface area (Å²) in [6, 6.07) is 14.8. The van der Waals surface area contributed by atoms with E-state index in [1.165, 1.54) is 16.7 Å². The van der Waals surface area contributed by atoms with E-state index >= 15 is 0 Å². The highest BCUT2D eigenvalue weighted by Crippen LogP contribution is 2.41. The minimum atomic E-state index is -0.843. The second-order valence-electron chi connectivity index (χ2n) is 8.75. The monoisotopic (exact) mass is 494 g/mol. The fourth-order valence-electron chi connectivity index (χ4n) is 4.85. The maximum atomic E-state index is 13.5. The second-order valence-corrected chi connectivity index (χ2v) is 9.92. The standard InChI is InChI=1S/C25H26N4O5S/c1-15-20(27-28-26)22(34-19-13-7-8-14-32-19)21(25(33-15)35-16-9-3-2-4-10-16)29-23(30)17-11-5-6-12-18(17)24(29)31/h2-6,9-12,15,19-22,25H,7-8,13-14H2,1H3/t15-,19?,20+,21-,22+,25-/m1/s1. The van der Waals surface area contributed by atoms with Crippen LogP contribution in [0.3, 0.4) is 0 Å². The van der Waals surface area contributed by atoms with Crippen LogP contribution in [0.4, 0.5) is 0 Å². The molecular formula is C25H26N4O5S. The van der Waals surface area contributed by atoms with Crippen molar-refractivity contribution in [2.24, 2.45) is 5.11 Å². The molecule has 0 N–H and O–H groups in total. The molecule has 2 fully saturated rings. The van der Waals surface area contributed by atoms with Crippen molar-refractivity contribution in [2.75, 3.05) is 6.61 Å². The Kier molecular flexibility index (Phi) is 7.08. The summed E-state index contributed by atoms with van der Waals surface area (Å²) in [5.74, 6) is -0.824. The summed E-state index contributed by atoms with van der Waals surface area (Å²) in [6.07, 6.45) is 0.733. The molecular weight excluding hydrogens is 468 g/mol. The molecule has 3 aliphatic rings. The minimum absolute atomic E-state index is 0.340. The highest BCUT2D eigenvalue weighted by Gasteiger charge is 2.54. The Morgan fingerprint density at radius 3 is 2.37 bits per heavy atom. The molecule has 35 heavy (non-hydrogen) atoms. The van der Waals surface area contributed by atoms with Gasteiger partial charge in [0.25, 0.3) is 11.8 Å². The first-order valence-corrected chi connectivity index (χ1v) is 12.6. The smallest absolute Gasteiger partial charge is 0.262 e. The molecule has 2 saturated heterocycles. The van der Waals surface area contributed by atoms with Crippen LogP contribution in [-0.4, -0.2) is 59.3 Å². The van der Waals surface area contributed by atoms with Gasteiger partial charge in [0.2, 0.25) is 0 Å². The number of thioether (sulfide) groups is 1. The molecule has 0 aliphatic carbocycles. The molecule has 2 aromatic carbocycles. The van der Waals surface area contributed by atoms with Crippen LogP contribution in [0.15, 0.2) is 64.6 Å². The van der Waals surface area contributed by atoms with E-state index in [-0.39, 0.29) is 0 Å². The number of hydrogen-bond donors (Lipinski definition) is 0. The lowest BCUT2D eigenvalue weighted by Crippen LogP contribution is -2.64. The Morgan fingerprint density at radius 2 is 1.74 bits per heavy atom. The molecule has 1 unspecified atom stereocenters. The number of ether oxygens (including phenoxy) is 3. The summed E-state index contributed by atoms with van der Waals surface area (Å²) < 4.78 is 18.6. The van der Waals surface area contributed by atoms with Crippen molar-refractivity contribution in [3.63, 3.8) is 0 Å². The van der Waals surface area contributed by atoms with Gasteiger partial charge < -0.3 is 14.2 Å². The maximum Gasteiger partial charge on any atom is 0.262 e. The summed E-state index contributed by atoms with van der Waals surface area (Å²) in [6.45, 7) is 2.38. The van der Waals surface area contributed by atoms with Crippen molar-refractivity contribution in [3.8, 4) is 0 Å². The number of fused-ring (bicyclic) bond motifs is 1. The van der Waals surface area contributed by atoms with Crippen LogP contribution in [0.5, 0.6) is 0 Å². The molecule has 9 nitrogen and oxygen atoms in total. The fraction of sp³-hybridized carbons (Fsp3) is 0.440. The van der Waals surface area contributed by atoms with Gasteiger partial charge in [-0.25, -0.2) is 0 Å². The van der Waals surface area contributed by atoms with E-state index in [2.05, 4.69) is 10.0 Å². The van der Waals surface area contributed by atoms with Crippen molar-refractivity contribution < 1.29 is 23.8 Å². The highest BCUT2D eigenvalue weighted by atomic mass is 32.2. The SMILES string of the molecule is C[C@H]1O[C@H](Sc2ccccc2)[C@H](N2C(=O)c3ccccc3C2=O)[C@@H](OC2CCCCO2)[C@H]1N=[N+]=[N-]. The second kappa shape index (κ2) is 10.4. The van der Waals surface area contributed by atoms with Crippen molar-refractivity contribution in [1.29, 1.82) is 0 Å². The van der Waals surface area contributed by atoms with Gasteiger partial charge in [0.1, 0.15) is 11.5 Å². The summed E-state index contributed by atoms with van der Waals surface area (Å²) in [5.41, 5.74) is 9.36. The molecule has 0 bridgehead atoms. The molecule has 3 aliphatic heterocycles. The average molecular weight is 495 g/mol. The molecule has 182 valence electrons. The van der Waals surface area contributed by atoms with Crippen molar-refractivity contribution in [2.45, 2.75) is 67.1 Å². The van der Waals surface area contributed by atoms with Crippen LogP contribution < -0.4 is 0 Å². The van der Waals surface area contributed by atoms with Crippen LogP contribution in [0.25, 0.3) is 10.4 Å². The van der Waals surface area contributed by atoms with Gasteiger partial charge in [0.15, 0.2) is 6.29 Å². The Bertz CT molecular complexity index is 1100. The van der Waals surface area contributed by atoms with Gasteiger partial charge in [-0.2, -0.15) is 0 Å². The summed E-state index contributed by atoms with van der Waals surface area (Å²) >= 11 is 1.41. The van der Waals surface area contributed by atoms with Gasteiger partial charge in [-0.3, -0.25) is 14.5 Å². The van der Waals surface area contributed by atoms with E-state index in [4.69, 9.17) is 14.2 Å². The number of imide groups is 1. The number of benzene rings is 2. The lowest BCUT2D eigenvalue weighted by Gasteiger charge is -2.47. The summed E-state index contributed by atoms with van der Waals surface area (Å²) in [5, 5.41) is 3.99. The quantitative estimate of drug-likeness (QED) is 0.247. The van der Waals surface area contributed by atoms with E-state index in [0.29, 0.717) is 24.2 Å². The first-order valence-electron chi connectivity index (χ1n) is 11.7. The molecule has 0 saturated carbocycles. The van der Waals surface area contributed by atoms with Crippen LogP contribution in [0.1, 0.15) is 46.9 Å². The molecule has 6 atom stereocenters. The molecule has 5 rings (SSSR count). The van der Waals surface area contributed by atoms with E-state index in [0.717, 1.165) is 17.7 Å². The normalized spacial score (nSPS) is 30.6. The van der Waals surface area contributed by atoms with Gasteiger partial charge in [-0.15, -0.1) is 0 Å². The van der Waals surface area contributed by atoms with Gasteiger partial charge in [-0.05, 0) is 56.0 Å². The third-order valence-electron chi connectivity index (χ3n) is 6.53. The average Bonchev–Trinajstić information content (AvgIpc) is 3.13. The number of rotatable bonds is 6. The molecule has 0 spiro atoms. The molecule has 2 amide bonds. The van der Waals surface area contributed by atoms with Crippen LogP contribution in [0, 0.1) is 0 Å². The number of nitrogens with zero attached hydrogens (tertiary/aromatic N) is 4. The van der Waals surface area contributed by atoms with E-state index < -0.39 is 47.8 Å². The Balaban J connectivity index is 1.57. The van der Waals surface area contributed by atoms with Crippen molar-refractivity contribution in [3.05, 3.63) is 76.2 Å². The van der Waals surface area contributed by atoms with Crippen molar-refractivity contribution in [1.82, 2.24) is 4.90 Å². The number of amides is 2. The first kappa shape index (κ1) is 23.8. The summed E-state index contributed by atoms with van der Waals surface area (Å²) in [7, 11) is 0. The van der Waals surface area contributed by atoms with Crippen LogP contribution in [0.2, 0.25) is 0 Å². The minimum Gasteiger partial charge on any atom is -0.361 e. The maximum absolute atomic E-state index is 13.5. The fourth-order valence-corrected chi connectivity index (χ4v) is 6.08. The number of carbonyl (C=O) groups excluding carboxylic acids is 2. The zero-order chi connectivity index (χ0) is 24.4. The zero-order valence-corrected chi connectivity index (χ0v) is 20.0. The third kappa shape index (κ3) is 4.68. The zero-order valence-electron chi connectivity index (χ0n) is 19.2. The van der Waals surface area contributed by atoms with Crippen LogP contribution in [-0.2, 0) is 14.2 Å². The predicted molar refractivity (Wildman–Crippen MR) is 129 cm³/mol. The topological polar surface area (TPSA) is 114 Å². The van der Waals surface area contributed by atoms with Crippen LogP contribution >= 0.6 is 11.8 Å². The molecule has 0 aromatic heterocycles. The Morgan fingerprint density at radius 1 is 1.06 bits per heavy atom. The van der Waals surface area contributed by atoms with Crippen molar-refractivity contribution >= 4 is 23.6 Å². The van der Waals surface area contributed by atoms with Gasteiger partial charge in [0, 0.05) is 16.4 Å². The molecule has 2 aromatic rings. The number of azide groups is 1. The van der Waals surface area contributed by atoms with E-state index in [1.54, 1.807) is 24.3 Å². The third-order valence-corrected chi connectivity index (χ3v) is 7.70. The summed E-state index contributed by atoms with van der Waals surface area (Å²) in [4.78, 5) is 32.3. The van der Waals surface area contributed by atoms with E-state index in [1.807, 2.05) is 37.3 Å². The van der Waals surface area contributed by atoms with Gasteiger partial charge in [0.05, 0.1) is 29.4 Å².